The second-order valence-corrected chi connectivity index (χ2v) is 9.26. The van der Waals surface area contributed by atoms with Gasteiger partial charge in [0.15, 0.2) is 0 Å². The molecule has 0 radical (unpaired) electrons. The molecule has 0 aliphatic carbocycles. The molecule has 8 N–H and O–H groups in total. The normalized spacial score (nSPS) is 15.2. The molecule has 0 aliphatic rings. The number of carbonyl (C=O) groups excluding carboxylic acids is 3. The molecule has 1 aromatic carbocycles. The van der Waals surface area contributed by atoms with Gasteiger partial charge in [-0.05, 0) is 42.0 Å². The molecule has 0 aliphatic heterocycles. The number of carboxylic acids is 1. The van der Waals surface area contributed by atoms with E-state index in [1.54, 1.807) is 19.1 Å². The fourth-order valence-electron chi connectivity index (χ4n) is 3.15. The van der Waals surface area contributed by atoms with Gasteiger partial charge in [-0.15, -0.1) is 0 Å². The van der Waals surface area contributed by atoms with Crippen molar-refractivity contribution in [3.05, 3.63) is 29.8 Å². The highest BCUT2D eigenvalue weighted by molar-refractivity contribution is 7.98. The van der Waals surface area contributed by atoms with Gasteiger partial charge in [-0.1, -0.05) is 32.4 Å². The largest absolute Gasteiger partial charge is 0.508 e. The number of aliphatic hydroxyl groups excluding tert-OH is 1. The summed E-state index contributed by atoms with van der Waals surface area (Å²) >= 11 is 1.47. The first-order valence-corrected chi connectivity index (χ1v) is 12.7. The van der Waals surface area contributed by atoms with Crippen LogP contribution in [0.25, 0.3) is 0 Å². The summed E-state index contributed by atoms with van der Waals surface area (Å²) in [6, 6.07) is 1.47. The summed E-state index contributed by atoms with van der Waals surface area (Å²) in [4.78, 5) is 50.0. The van der Waals surface area contributed by atoms with E-state index in [4.69, 9.17) is 10.8 Å². The molecule has 1 aromatic rings. The number of carbonyl (C=O) groups is 4. The van der Waals surface area contributed by atoms with Crippen molar-refractivity contribution in [3.8, 4) is 5.75 Å². The lowest BCUT2D eigenvalue weighted by atomic mass is 9.96. The number of rotatable bonds is 15. The number of aliphatic carboxylic acids is 1. The van der Waals surface area contributed by atoms with Crippen LogP contribution in [0.4, 0.5) is 0 Å². The first kappa shape index (κ1) is 30.2. The molecule has 196 valence electrons. The van der Waals surface area contributed by atoms with Crippen molar-refractivity contribution >= 4 is 35.5 Å². The minimum absolute atomic E-state index is 0.0199. The minimum atomic E-state index is -1.26. The third kappa shape index (κ3) is 10.1. The molecular formula is C23H36N4O7S. The molecule has 0 heterocycles. The number of thioether (sulfide) groups is 1. The Morgan fingerprint density at radius 3 is 2.11 bits per heavy atom. The first-order chi connectivity index (χ1) is 16.5. The number of nitrogens with one attached hydrogen (secondary N) is 3. The number of phenolic OH excluding ortho intramolecular Hbond substituents is 1. The van der Waals surface area contributed by atoms with Gasteiger partial charge in [0.2, 0.25) is 17.7 Å². The maximum absolute atomic E-state index is 13.1. The number of aliphatic hydroxyl groups is 1. The highest BCUT2D eigenvalue weighted by Crippen LogP contribution is 2.13. The van der Waals surface area contributed by atoms with Crippen LogP contribution in [0.3, 0.4) is 0 Å². The molecule has 0 aromatic heterocycles. The number of aromatic hydroxyl groups is 1. The van der Waals surface area contributed by atoms with Crippen LogP contribution in [0.1, 0.15) is 32.3 Å². The zero-order chi connectivity index (χ0) is 26.5. The van der Waals surface area contributed by atoms with Crippen molar-refractivity contribution in [3.63, 3.8) is 0 Å². The van der Waals surface area contributed by atoms with Crippen molar-refractivity contribution in [2.45, 2.75) is 57.3 Å². The average molecular weight is 513 g/mol. The van der Waals surface area contributed by atoms with Gasteiger partial charge < -0.3 is 37.0 Å². The van der Waals surface area contributed by atoms with E-state index < -0.39 is 54.5 Å². The molecule has 5 atom stereocenters. The lowest BCUT2D eigenvalue weighted by molar-refractivity contribution is -0.142. The van der Waals surface area contributed by atoms with Crippen LogP contribution < -0.4 is 21.7 Å². The van der Waals surface area contributed by atoms with Gasteiger partial charge in [0.05, 0.1) is 6.61 Å². The monoisotopic (exact) mass is 512 g/mol. The lowest BCUT2D eigenvalue weighted by Gasteiger charge is -2.28. The Hall–Kier alpha value is -2.83. The van der Waals surface area contributed by atoms with E-state index in [0.29, 0.717) is 17.7 Å². The fraction of sp³-hybridized carbons (Fsp3) is 0.565. The summed E-state index contributed by atoms with van der Waals surface area (Å²) in [7, 11) is 0. The summed E-state index contributed by atoms with van der Waals surface area (Å²) in [6.45, 7) is 2.99. The van der Waals surface area contributed by atoms with E-state index in [2.05, 4.69) is 16.0 Å². The smallest absolute Gasteiger partial charge is 0.326 e. The molecule has 0 saturated heterocycles. The highest BCUT2D eigenvalue weighted by atomic mass is 32.2. The Morgan fingerprint density at radius 1 is 1.00 bits per heavy atom. The van der Waals surface area contributed by atoms with Crippen molar-refractivity contribution in [2.24, 2.45) is 11.7 Å². The zero-order valence-corrected chi connectivity index (χ0v) is 21.0. The summed E-state index contributed by atoms with van der Waals surface area (Å²) in [5, 5.41) is 35.8. The van der Waals surface area contributed by atoms with Crippen LogP contribution >= 0.6 is 11.8 Å². The fourth-order valence-corrected chi connectivity index (χ4v) is 3.62. The van der Waals surface area contributed by atoms with Crippen molar-refractivity contribution in [1.29, 1.82) is 0 Å². The number of phenols is 1. The zero-order valence-electron chi connectivity index (χ0n) is 20.2. The molecule has 1 rings (SSSR count). The molecule has 3 amide bonds. The molecule has 11 nitrogen and oxygen atoms in total. The third-order valence-corrected chi connectivity index (χ3v) is 6.21. The molecule has 12 heteroatoms. The molecule has 35 heavy (non-hydrogen) atoms. The Bertz CT molecular complexity index is 853. The van der Waals surface area contributed by atoms with Gasteiger partial charge in [-0.2, -0.15) is 11.8 Å². The number of hydrogen-bond acceptors (Lipinski definition) is 8. The second-order valence-electron chi connectivity index (χ2n) is 8.27. The predicted molar refractivity (Wildman–Crippen MR) is 133 cm³/mol. The first-order valence-electron chi connectivity index (χ1n) is 11.3. The Balaban J connectivity index is 3.01. The summed E-state index contributed by atoms with van der Waals surface area (Å²) in [6.07, 6.45) is 2.61. The Morgan fingerprint density at radius 2 is 1.60 bits per heavy atom. The summed E-state index contributed by atoms with van der Waals surface area (Å²) in [5.41, 5.74) is 6.13. The topological polar surface area (TPSA) is 191 Å². The van der Waals surface area contributed by atoms with Crippen LogP contribution in [0.2, 0.25) is 0 Å². The van der Waals surface area contributed by atoms with Gasteiger partial charge in [0, 0.05) is 6.42 Å². The molecule has 5 unspecified atom stereocenters. The number of carboxylic acid groups (broad SMARTS) is 1. The van der Waals surface area contributed by atoms with Crippen molar-refractivity contribution in [1.82, 2.24) is 16.0 Å². The quantitative estimate of drug-likeness (QED) is 0.164. The van der Waals surface area contributed by atoms with Gasteiger partial charge in [0.25, 0.3) is 0 Å². The number of nitrogens with two attached hydrogens (primary N) is 1. The van der Waals surface area contributed by atoms with Crippen LogP contribution in [0, 0.1) is 5.92 Å². The minimum Gasteiger partial charge on any atom is -0.508 e. The maximum Gasteiger partial charge on any atom is 0.326 e. The molecule has 0 spiro atoms. The molecule has 0 fully saturated rings. The van der Waals surface area contributed by atoms with Crippen LogP contribution in [-0.4, -0.2) is 81.8 Å². The predicted octanol–water partition coefficient (Wildman–Crippen LogP) is -0.407. The van der Waals surface area contributed by atoms with E-state index in [1.165, 1.54) is 23.9 Å². The van der Waals surface area contributed by atoms with Crippen LogP contribution in [0.15, 0.2) is 24.3 Å². The Kier molecular flexibility index (Phi) is 13.1. The molecular weight excluding hydrogens is 476 g/mol. The number of amides is 3. The number of hydrogen-bond donors (Lipinski definition) is 7. The van der Waals surface area contributed by atoms with E-state index in [9.17, 15) is 29.4 Å². The van der Waals surface area contributed by atoms with Gasteiger partial charge in [0.1, 0.15) is 29.9 Å². The standard InChI is InChI=1S/C23H36N4O7S/c1-4-13(2)19(27-21(31)17(9-10-35-3)25-20(30)16(24)12-28)22(32)26-18(23(33)34)11-14-5-7-15(29)8-6-14/h5-8,13,16-19,28-29H,4,9-12,24H2,1-3H3,(H,25,30)(H,26,32)(H,27,31)(H,33,34). The van der Waals surface area contributed by atoms with E-state index in [0.717, 1.165) is 0 Å². The van der Waals surface area contributed by atoms with Crippen molar-refractivity contribution in [2.75, 3.05) is 18.6 Å². The second kappa shape index (κ2) is 15.2. The summed E-state index contributed by atoms with van der Waals surface area (Å²) in [5.74, 6) is -2.97. The van der Waals surface area contributed by atoms with E-state index in [1.807, 2.05) is 13.2 Å². The number of benzene rings is 1. The molecule has 0 saturated carbocycles. The highest BCUT2D eigenvalue weighted by Gasteiger charge is 2.32. The lowest BCUT2D eigenvalue weighted by Crippen LogP contribution is -2.59. The van der Waals surface area contributed by atoms with Crippen LogP contribution in [0.5, 0.6) is 5.75 Å². The average Bonchev–Trinajstić information content (AvgIpc) is 2.84. The third-order valence-electron chi connectivity index (χ3n) is 5.56. The maximum atomic E-state index is 13.1. The molecule has 0 bridgehead atoms. The SMILES string of the molecule is CCC(C)C(NC(=O)C(CCSC)NC(=O)C(N)CO)C(=O)NC(Cc1ccc(O)cc1)C(=O)O. The van der Waals surface area contributed by atoms with E-state index >= 15 is 0 Å². The van der Waals surface area contributed by atoms with Gasteiger partial charge in [-0.25, -0.2) is 4.79 Å². The van der Waals surface area contributed by atoms with Crippen molar-refractivity contribution < 1.29 is 34.5 Å². The Labute approximate surface area is 209 Å². The van der Waals surface area contributed by atoms with E-state index in [-0.39, 0.29) is 24.5 Å². The van der Waals surface area contributed by atoms with Gasteiger partial charge in [-0.3, -0.25) is 14.4 Å². The van der Waals surface area contributed by atoms with Crippen LogP contribution in [-0.2, 0) is 25.6 Å². The van der Waals surface area contributed by atoms with Gasteiger partial charge >= 0.3 is 5.97 Å². The summed E-state index contributed by atoms with van der Waals surface area (Å²) < 4.78 is 0.